The summed E-state index contributed by atoms with van der Waals surface area (Å²) in [5.74, 6) is -3.53. The molecule has 2 aliphatic rings. The highest BCUT2D eigenvalue weighted by molar-refractivity contribution is 9.10. The number of imide groups is 1. The topological polar surface area (TPSA) is 88.5 Å². The van der Waals surface area contributed by atoms with Crippen LogP contribution in [0.4, 0.5) is 24.5 Å². The van der Waals surface area contributed by atoms with Crippen molar-refractivity contribution in [1.29, 1.82) is 0 Å². The Bertz CT molecular complexity index is 2110. The SMILES string of the molecule is O=C(Cn1c2c(sc1=O)C(c1ccc(Br)cc1)C1C(=O)N(c3cccc(C(F)(F)F)c3)C(=O)C1S2)Nc1cccc2ccccc12. The van der Waals surface area contributed by atoms with Gasteiger partial charge in [0.15, 0.2) is 0 Å². The van der Waals surface area contributed by atoms with Gasteiger partial charge in [-0.2, -0.15) is 13.2 Å². The molecule has 7 nitrogen and oxygen atoms in total. The number of nitrogens with one attached hydrogen (secondary N) is 1. The van der Waals surface area contributed by atoms with E-state index in [1.165, 1.54) is 10.6 Å². The van der Waals surface area contributed by atoms with Gasteiger partial charge in [-0.3, -0.25) is 23.7 Å². The summed E-state index contributed by atoms with van der Waals surface area (Å²) in [6.07, 6.45) is -4.67. The quantitative estimate of drug-likeness (QED) is 0.193. The maximum absolute atomic E-state index is 14.0. The lowest BCUT2D eigenvalue weighted by molar-refractivity contribution is -0.137. The third-order valence-electron chi connectivity index (χ3n) is 8.08. The number of nitrogens with zero attached hydrogens (tertiary/aromatic N) is 2. The highest BCUT2D eigenvalue weighted by atomic mass is 79.9. The minimum atomic E-state index is -4.67. The number of thiazole rings is 1. The first-order valence-corrected chi connectivity index (χ1v) is 16.5. The van der Waals surface area contributed by atoms with Crippen molar-refractivity contribution >= 4 is 78.9 Å². The minimum Gasteiger partial charge on any atom is -0.324 e. The van der Waals surface area contributed by atoms with Crippen molar-refractivity contribution in [3.05, 3.63) is 121 Å². The van der Waals surface area contributed by atoms with Crippen LogP contribution in [0, 0.1) is 5.92 Å². The third-order valence-corrected chi connectivity index (χ3v) is 11.2. The van der Waals surface area contributed by atoms with Crippen LogP contribution in [0.25, 0.3) is 10.8 Å². The monoisotopic (exact) mass is 723 g/mol. The molecule has 4 aromatic carbocycles. The van der Waals surface area contributed by atoms with Crippen LogP contribution >= 0.6 is 39.0 Å². The van der Waals surface area contributed by atoms with E-state index >= 15 is 0 Å². The third kappa shape index (κ3) is 5.25. The number of hydrogen-bond donors (Lipinski definition) is 1. The summed E-state index contributed by atoms with van der Waals surface area (Å²) >= 11 is 5.30. The van der Waals surface area contributed by atoms with E-state index in [9.17, 15) is 32.3 Å². The maximum Gasteiger partial charge on any atom is 0.416 e. The van der Waals surface area contributed by atoms with Gasteiger partial charge in [-0.25, -0.2) is 4.90 Å². The molecule has 0 spiro atoms. The van der Waals surface area contributed by atoms with Crippen LogP contribution in [0.2, 0.25) is 0 Å². The van der Waals surface area contributed by atoms with Gasteiger partial charge in [-0.15, -0.1) is 0 Å². The van der Waals surface area contributed by atoms with Crippen molar-refractivity contribution < 1.29 is 27.6 Å². The Hall–Kier alpha value is -4.20. The Kier molecular flexibility index (Phi) is 7.65. The molecule has 0 bridgehead atoms. The van der Waals surface area contributed by atoms with E-state index in [2.05, 4.69) is 21.2 Å². The van der Waals surface area contributed by atoms with Crippen LogP contribution in [-0.2, 0) is 27.1 Å². The summed E-state index contributed by atoms with van der Waals surface area (Å²) in [5, 5.41) is 3.99. The highest BCUT2D eigenvalue weighted by Crippen LogP contribution is 2.54. The van der Waals surface area contributed by atoms with Crippen LogP contribution in [0.15, 0.2) is 105 Å². The summed E-state index contributed by atoms with van der Waals surface area (Å²) in [5.41, 5.74) is 0.0710. The van der Waals surface area contributed by atoms with E-state index in [4.69, 9.17) is 0 Å². The van der Waals surface area contributed by atoms with Crippen molar-refractivity contribution in [2.75, 3.05) is 10.2 Å². The Morgan fingerprint density at radius 3 is 2.37 bits per heavy atom. The van der Waals surface area contributed by atoms with E-state index in [1.54, 1.807) is 30.3 Å². The molecule has 3 amide bonds. The van der Waals surface area contributed by atoms with Gasteiger partial charge in [0.2, 0.25) is 17.7 Å². The van der Waals surface area contributed by atoms with Gasteiger partial charge in [-0.05, 0) is 47.3 Å². The van der Waals surface area contributed by atoms with Crippen LogP contribution in [0.3, 0.4) is 0 Å². The number of rotatable bonds is 5. The molecular formula is C33H21BrF3N3O4S2. The first kappa shape index (κ1) is 30.5. The Morgan fingerprint density at radius 2 is 1.61 bits per heavy atom. The van der Waals surface area contributed by atoms with E-state index < -0.39 is 51.4 Å². The van der Waals surface area contributed by atoms with Gasteiger partial charge >= 0.3 is 11.0 Å². The fraction of sp³-hybridized carbons (Fsp3) is 0.152. The predicted octanol–water partition coefficient (Wildman–Crippen LogP) is 7.28. The minimum absolute atomic E-state index is 0.176. The largest absolute Gasteiger partial charge is 0.416 e. The standard InChI is InChI=1S/C33H21BrF3N3O4S2/c34-20-13-11-18(12-14-20)25-26-27(30(43)40(29(26)42)21-8-4-7-19(15-21)33(35,36)37)45-31-28(25)46-32(44)39(31)16-24(41)38-23-10-3-6-17-5-1-2-9-22(17)23/h1-15,25-27H,16H2,(H,38,41). The number of hydrogen-bond acceptors (Lipinski definition) is 6. The predicted molar refractivity (Wildman–Crippen MR) is 174 cm³/mol. The first-order chi connectivity index (χ1) is 22.0. The van der Waals surface area contributed by atoms with Crippen molar-refractivity contribution in [3.63, 3.8) is 0 Å². The van der Waals surface area contributed by atoms with Crippen molar-refractivity contribution in [2.24, 2.45) is 5.92 Å². The molecule has 1 fully saturated rings. The number of fused-ring (bicyclic) bond motifs is 3. The lowest BCUT2D eigenvalue weighted by Gasteiger charge is -2.30. The zero-order chi connectivity index (χ0) is 32.3. The maximum atomic E-state index is 14.0. The number of amides is 3. The number of benzene rings is 4. The Morgan fingerprint density at radius 1 is 0.891 bits per heavy atom. The molecule has 1 saturated heterocycles. The van der Waals surface area contributed by atoms with Crippen molar-refractivity contribution in [2.45, 2.75) is 28.9 Å². The van der Waals surface area contributed by atoms with E-state index in [1.807, 2.05) is 36.4 Å². The summed E-state index contributed by atoms with van der Waals surface area (Å²) < 4.78 is 42.7. The average Bonchev–Trinajstić information content (AvgIpc) is 3.47. The Balaban J connectivity index is 1.28. The molecular weight excluding hydrogens is 703 g/mol. The summed E-state index contributed by atoms with van der Waals surface area (Å²) in [6, 6.07) is 24.3. The second-order valence-electron chi connectivity index (χ2n) is 10.9. The Labute approximate surface area is 276 Å². The van der Waals surface area contributed by atoms with E-state index in [-0.39, 0.29) is 12.2 Å². The van der Waals surface area contributed by atoms with Gasteiger partial charge in [-0.1, -0.05) is 93.6 Å². The number of carbonyl (C=O) groups excluding carboxylic acids is 3. The molecule has 3 heterocycles. The number of carbonyl (C=O) groups is 3. The lowest BCUT2D eigenvalue weighted by Crippen LogP contribution is -2.33. The zero-order valence-electron chi connectivity index (χ0n) is 23.5. The zero-order valence-corrected chi connectivity index (χ0v) is 26.7. The number of anilines is 2. The summed E-state index contributed by atoms with van der Waals surface area (Å²) in [6.45, 7) is -0.342. The van der Waals surface area contributed by atoms with Gasteiger partial charge in [0.05, 0.1) is 22.2 Å². The molecule has 232 valence electrons. The highest BCUT2D eigenvalue weighted by Gasteiger charge is 2.57. The van der Waals surface area contributed by atoms with Crippen LogP contribution in [-0.4, -0.2) is 27.5 Å². The van der Waals surface area contributed by atoms with Crippen LogP contribution in [0.5, 0.6) is 0 Å². The normalized spacial score (nSPS) is 19.3. The van der Waals surface area contributed by atoms with E-state index in [0.29, 0.717) is 21.2 Å². The molecule has 2 aliphatic heterocycles. The molecule has 1 aromatic heterocycles. The second-order valence-corrected chi connectivity index (χ2v) is 13.9. The molecule has 5 aromatic rings. The van der Waals surface area contributed by atoms with Gasteiger partial charge < -0.3 is 5.32 Å². The molecule has 7 rings (SSSR count). The van der Waals surface area contributed by atoms with Crippen molar-refractivity contribution in [3.8, 4) is 0 Å². The number of halogens is 4. The lowest BCUT2D eigenvalue weighted by atomic mass is 9.83. The van der Waals surface area contributed by atoms with Crippen molar-refractivity contribution in [1.82, 2.24) is 4.57 Å². The second kappa shape index (κ2) is 11.6. The molecule has 0 saturated carbocycles. The number of alkyl halides is 3. The molecule has 46 heavy (non-hydrogen) atoms. The summed E-state index contributed by atoms with van der Waals surface area (Å²) in [4.78, 5) is 55.6. The fourth-order valence-electron chi connectivity index (χ4n) is 6.03. The van der Waals surface area contributed by atoms with Crippen LogP contribution in [0.1, 0.15) is 21.9 Å². The van der Waals surface area contributed by atoms with Gasteiger partial charge in [0, 0.05) is 26.3 Å². The summed E-state index contributed by atoms with van der Waals surface area (Å²) in [7, 11) is 0. The van der Waals surface area contributed by atoms with Crippen LogP contribution < -0.4 is 15.1 Å². The first-order valence-electron chi connectivity index (χ1n) is 14.0. The molecule has 1 N–H and O–H groups in total. The average molecular weight is 725 g/mol. The van der Waals surface area contributed by atoms with E-state index in [0.717, 1.165) is 61.4 Å². The fourth-order valence-corrected chi connectivity index (χ4v) is 9.07. The molecule has 0 aliphatic carbocycles. The molecule has 13 heteroatoms. The number of aromatic nitrogens is 1. The number of thioether (sulfide) groups is 1. The molecule has 3 unspecified atom stereocenters. The van der Waals surface area contributed by atoms with Gasteiger partial charge in [0.1, 0.15) is 11.8 Å². The molecule has 0 radical (unpaired) electrons. The van der Waals surface area contributed by atoms with Gasteiger partial charge in [0.25, 0.3) is 0 Å². The smallest absolute Gasteiger partial charge is 0.324 e. The molecule has 3 atom stereocenters.